The third kappa shape index (κ3) is 4.62. The Balaban J connectivity index is 0.00000306. The summed E-state index contributed by atoms with van der Waals surface area (Å²) >= 11 is 0. The van der Waals surface area contributed by atoms with Gasteiger partial charge in [-0.1, -0.05) is 31.9 Å². The second kappa shape index (κ2) is 9.77. The summed E-state index contributed by atoms with van der Waals surface area (Å²) in [4.78, 5) is 31.1. The van der Waals surface area contributed by atoms with E-state index >= 15 is 0 Å². The number of H-pyrrole nitrogens is 1. The molecule has 1 aliphatic heterocycles. The van der Waals surface area contributed by atoms with E-state index in [2.05, 4.69) is 41.0 Å². The molecule has 8 heteroatoms. The number of anilines is 1. The van der Waals surface area contributed by atoms with Gasteiger partial charge >= 0.3 is 5.97 Å². The third-order valence-electron chi connectivity index (χ3n) is 7.30. The minimum atomic E-state index is -1.43. The minimum absolute atomic E-state index is 0. The van der Waals surface area contributed by atoms with E-state index in [0.717, 1.165) is 30.9 Å². The molecule has 180 valence electrons. The van der Waals surface area contributed by atoms with Gasteiger partial charge in [0.2, 0.25) is 0 Å². The van der Waals surface area contributed by atoms with Crippen LogP contribution in [0.15, 0.2) is 29.1 Å². The Hall–Kier alpha value is -2.51. The second-order valence-corrected chi connectivity index (χ2v) is 9.66. The summed E-state index contributed by atoms with van der Waals surface area (Å²) in [5.74, 6) is -1.17. The van der Waals surface area contributed by atoms with E-state index in [0.29, 0.717) is 29.0 Å². The highest BCUT2D eigenvalue weighted by Crippen LogP contribution is 2.48. The van der Waals surface area contributed by atoms with Crippen molar-refractivity contribution in [2.45, 2.75) is 39.0 Å². The molecule has 1 saturated heterocycles. The highest BCUT2D eigenvalue weighted by Gasteiger charge is 2.47. The lowest BCUT2D eigenvalue weighted by Crippen LogP contribution is -2.42. The summed E-state index contributed by atoms with van der Waals surface area (Å²) in [5.41, 5.74) is 1.79. The Kier molecular flexibility index (Phi) is 7.44. The molecule has 33 heavy (non-hydrogen) atoms. The number of aromatic nitrogens is 1. The number of hydrogen-bond donors (Lipinski definition) is 3. The van der Waals surface area contributed by atoms with Crippen LogP contribution in [0.1, 0.15) is 48.5 Å². The molecule has 4 rings (SSSR count). The topological polar surface area (TPSA) is 96.9 Å². The van der Waals surface area contributed by atoms with Crippen LogP contribution in [0.4, 0.5) is 5.69 Å². The molecule has 7 nitrogen and oxygen atoms in total. The molecular formula is C25H34ClN3O4. The number of nitrogens with zero attached hydrogens (tertiary/aromatic N) is 2. The minimum Gasteiger partial charge on any atom is -0.506 e. The van der Waals surface area contributed by atoms with Crippen LogP contribution in [0.3, 0.4) is 0 Å². The van der Waals surface area contributed by atoms with Gasteiger partial charge in [-0.2, -0.15) is 0 Å². The van der Waals surface area contributed by atoms with Gasteiger partial charge in [-0.3, -0.25) is 4.79 Å². The molecule has 0 spiro atoms. The normalized spacial score (nSPS) is 22.2. The number of aromatic carboxylic acids is 1. The number of carbonyl (C=O) groups is 1. The van der Waals surface area contributed by atoms with Gasteiger partial charge in [0.15, 0.2) is 5.56 Å². The van der Waals surface area contributed by atoms with Gasteiger partial charge in [-0.25, -0.2) is 4.79 Å². The molecule has 2 fully saturated rings. The van der Waals surface area contributed by atoms with Gasteiger partial charge in [0, 0.05) is 36.3 Å². The zero-order valence-corrected chi connectivity index (χ0v) is 20.4. The number of aromatic hydroxyl groups is 1. The van der Waals surface area contributed by atoms with E-state index in [1.807, 2.05) is 19.1 Å². The number of aromatic amines is 1. The number of rotatable bonds is 6. The first kappa shape index (κ1) is 25.1. The van der Waals surface area contributed by atoms with E-state index < -0.39 is 22.8 Å². The molecule has 3 N–H and O–H groups in total. The lowest BCUT2D eigenvalue weighted by atomic mass is 9.68. The summed E-state index contributed by atoms with van der Waals surface area (Å²) in [5, 5.41) is 19.7. The summed E-state index contributed by atoms with van der Waals surface area (Å²) in [6, 6.07) is 8.02. The molecule has 1 saturated carbocycles. The average Bonchev–Trinajstić information content (AvgIpc) is 3.11. The van der Waals surface area contributed by atoms with Crippen LogP contribution in [0.2, 0.25) is 0 Å². The van der Waals surface area contributed by atoms with E-state index in [9.17, 15) is 19.8 Å². The van der Waals surface area contributed by atoms with Crippen LogP contribution in [-0.4, -0.2) is 59.8 Å². The number of hydrogen-bond acceptors (Lipinski definition) is 5. The molecule has 1 aliphatic carbocycles. The van der Waals surface area contributed by atoms with Crippen molar-refractivity contribution in [3.05, 3.63) is 45.7 Å². The standard InChI is InChI=1S/C25H33N3O4.ClH/c1-4-19-21(26-23(30)20(22(19)29)24(31)32)16-8-10-18(11-9-16)28-13-17-7-5-6-12-25(17,15-28)14-27(2)3;/h8-11,17H,4-7,12-15H2,1-3H3,(H,31,32)(H2,26,29,30);1H/t17-,25-;/m1./s1. The van der Waals surface area contributed by atoms with Crippen molar-refractivity contribution in [2.75, 3.05) is 38.6 Å². The van der Waals surface area contributed by atoms with Crippen molar-refractivity contribution in [3.8, 4) is 17.0 Å². The van der Waals surface area contributed by atoms with Crippen molar-refractivity contribution in [3.63, 3.8) is 0 Å². The molecule has 2 aliphatic rings. The van der Waals surface area contributed by atoms with Gasteiger partial charge in [-0.05, 0) is 57.0 Å². The Morgan fingerprint density at radius 1 is 1.24 bits per heavy atom. The van der Waals surface area contributed by atoms with Crippen LogP contribution in [0.25, 0.3) is 11.3 Å². The number of halogens is 1. The molecule has 2 aromatic rings. The van der Waals surface area contributed by atoms with Crippen LogP contribution in [0, 0.1) is 11.3 Å². The number of carboxylic acids is 1. The summed E-state index contributed by atoms with van der Waals surface area (Å²) < 4.78 is 0. The fraction of sp³-hybridized carbons (Fsp3) is 0.520. The van der Waals surface area contributed by atoms with Crippen LogP contribution in [-0.2, 0) is 6.42 Å². The van der Waals surface area contributed by atoms with Crippen molar-refractivity contribution in [2.24, 2.45) is 11.3 Å². The first-order chi connectivity index (χ1) is 15.3. The maximum Gasteiger partial charge on any atom is 0.345 e. The third-order valence-corrected chi connectivity index (χ3v) is 7.30. The number of carboxylic acid groups (broad SMARTS) is 1. The Bertz CT molecular complexity index is 1070. The molecule has 0 unspecified atom stereocenters. The largest absolute Gasteiger partial charge is 0.506 e. The smallest absolute Gasteiger partial charge is 0.345 e. The van der Waals surface area contributed by atoms with Gasteiger partial charge < -0.3 is 25.0 Å². The van der Waals surface area contributed by atoms with Crippen molar-refractivity contribution < 1.29 is 15.0 Å². The molecule has 2 heterocycles. The maximum absolute atomic E-state index is 12.3. The zero-order valence-electron chi connectivity index (χ0n) is 19.6. The molecule has 1 aromatic carbocycles. The van der Waals surface area contributed by atoms with Crippen LogP contribution >= 0.6 is 12.4 Å². The first-order valence-electron chi connectivity index (χ1n) is 11.5. The van der Waals surface area contributed by atoms with Crippen molar-refractivity contribution in [1.29, 1.82) is 0 Å². The Morgan fingerprint density at radius 2 is 1.94 bits per heavy atom. The Morgan fingerprint density at radius 3 is 2.55 bits per heavy atom. The summed E-state index contributed by atoms with van der Waals surface area (Å²) in [6.07, 6.45) is 5.59. The second-order valence-electron chi connectivity index (χ2n) is 9.66. The number of pyridine rings is 1. The predicted octanol–water partition coefficient (Wildman–Crippen LogP) is 3.99. The fourth-order valence-corrected chi connectivity index (χ4v) is 5.92. The van der Waals surface area contributed by atoms with E-state index in [1.54, 1.807) is 0 Å². The van der Waals surface area contributed by atoms with Gasteiger partial charge in [0.05, 0.1) is 5.69 Å². The molecule has 0 amide bonds. The summed E-state index contributed by atoms with van der Waals surface area (Å²) in [7, 11) is 4.32. The predicted molar refractivity (Wildman–Crippen MR) is 133 cm³/mol. The quantitative estimate of drug-likeness (QED) is 0.584. The molecular weight excluding hydrogens is 442 g/mol. The Labute approximate surface area is 200 Å². The van der Waals surface area contributed by atoms with E-state index in [-0.39, 0.29) is 12.4 Å². The lowest BCUT2D eigenvalue weighted by Gasteiger charge is -2.40. The number of nitrogens with one attached hydrogen (secondary N) is 1. The monoisotopic (exact) mass is 475 g/mol. The summed E-state index contributed by atoms with van der Waals surface area (Å²) in [6.45, 7) is 5.06. The maximum atomic E-state index is 12.3. The lowest BCUT2D eigenvalue weighted by molar-refractivity contribution is 0.0691. The fourth-order valence-electron chi connectivity index (χ4n) is 5.92. The van der Waals surface area contributed by atoms with Crippen LogP contribution < -0.4 is 10.5 Å². The molecule has 2 atom stereocenters. The highest BCUT2D eigenvalue weighted by molar-refractivity contribution is 5.92. The highest BCUT2D eigenvalue weighted by atomic mass is 35.5. The van der Waals surface area contributed by atoms with Gasteiger partial charge in [0.1, 0.15) is 5.75 Å². The first-order valence-corrected chi connectivity index (χ1v) is 11.5. The van der Waals surface area contributed by atoms with Gasteiger partial charge in [0.25, 0.3) is 5.56 Å². The number of benzene rings is 1. The van der Waals surface area contributed by atoms with E-state index in [1.165, 1.54) is 25.7 Å². The molecule has 0 radical (unpaired) electrons. The van der Waals surface area contributed by atoms with Crippen LogP contribution in [0.5, 0.6) is 5.75 Å². The average molecular weight is 476 g/mol. The zero-order chi connectivity index (χ0) is 23.0. The molecule has 1 aromatic heterocycles. The van der Waals surface area contributed by atoms with E-state index in [4.69, 9.17) is 0 Å². The molecule has 0 bridgehead atoms. The van der Waals surface area contributed by atoms with Gasteiger partial charge in [-0.15, -0.1) is 12.4 Å². The SMILES string of the molecule is CCc1c(-c2ccc(N3C[C@H]4CCCC[C@@]4(CN(C)C)C3)cc2)[nH]c(=O)c(C(=O)O)c1O.Cl. The van der Waals surface area contributed by atoms with Crippen molar-refractivity contribution >= 4 is 24.1 Å². The van der Waals surface area contributed by atoms with Crippen molar-refractivity contribution in [1.82, 2.24) is 9.88 Å². The number of fused-ring (bicyclic) bond motifs is 1.